The summed E-state index contributed by atoms with van der Waals surface area (Å²) in [7, 11) is 0. The molecule has 0 amide bonds. The molecule has 168 valence electrons. The number of para-hydroxylation sites is 3. The topological polar surface area (TPSA) is 39.8 Å². The second kappa shape index (κ2) is 8.92. The van der Waals surface area contributed by atoms with Crippen molar-refractivity contribution < 1.29 is 0 Å². The van der Waals surface area contributed by atoms with Crippen LogP contribution in [0.3, 0.4) is 0 Å². The summed E-state index contributed by atoms with van der Waals surface area (Å²) >= 11 is 0. The fraction of sp³-hybridized carbons (Fsp3) is 0.0323. The molecular weight excluding hydrogens is 430 g/mol. The van der Waals surface area contributed by atoms with Crippen molar-refractivity contribution >= 4 is 34.0 Å². The monoisotopic (exact) mass is 453 g/mol. The minimum absolute atomic E-state index is 0.0760. The Labute approximate surface area is 203 Å². The van der Waals surface area contributed by atoms with E-state index in [4.69, 9.17) is 4.98 Å². The van der Waals surface area contributed by atoms with Crippen LogP contribution < -0.4 is 5.56 Å². The summed E-state index contributed by atoms with van der Waals surface area (Å²) < 4.78 is 3.95. The first kappa shape index (κ1) is 20.9. The molecule has 0 saturated heterocycles. The van der Waals surface area contributed by atoms with Gasteiger partial charge in [0, 0.05) is 29.2 Å². The molecular formula is C31H23N3O. The molecule has 35 heavy (non-hydrogen) atoms. The molecule has 2 heterocycles. The lowest BCUT2D eigenvalue weighted by Gasteiger charge is -2.11. The number of rotatable bonds is 5. The summed E-state index contributed by atoms with van der Waals surface area (Å²) in [5, 5.41) is 1.77. The summed E-state index contributed by atoms with van der Waals surface area (Å²) in [4.78, 5) is 18.3. The Balaban J connectivity index is 1.49. The van der Waals surface area contributed by atoms with E-state index in [-0.39, 0.29) is 5.56 Å². The highest BCUT2D eigenvalue weighted by atomic mass is 16.1. The van der Waals surface area contributed by atoms with Crippen molar-refractivity contribution in [3.63, 3.8) is 0 Å². The van der Waals surface area contributed by atoms with Gasteiger partial charge in [-0.3, -0.25) is 9.36 Å². The maximum Gasteiger partial charge on any atom is 0.266 e. The summed E-state index contributed by atoms with van der Waals surface area (Å²) in [6.07, 6.45) is 6.16. The van der Waals surface area contributed by atoms with Crippen LogP contribution in [-0.4, -0.2) is 14.1 Å². The lowest BCUT2D eigenvalue weighted by molar-refractivity contribution is 0.836. The normalized spacial score (nSPS) is 11.5. The molecule has 0 aliphatic rings. The average Bonchev–Trinajstić information content (AvgIpc) is 3.26. The molecule has 6 rings (SSSR count). The van der Waals surface area contributed by atoms with Crippen LogP contribution in [-0.2, 0) is 6.54 Å². The van der Waals surface area contributed by atoms with Crippen LogP contribution in [0, 0.1) is 0 Å². The fourth-order valence-electron chi connectivity index (χ4n) is 4.57. The third-order valence-electron chi connectivity index (χ3n) is 6.24. The van der Waals surface area contributed by atoms with Gasteiger partial charge in [-0.25, -0.2) is 4.98 Å². The molecule has 0 saturated carbocycles. The second-order valence-corrected chi connectivity index (χ2v) is 8.51. The van der Waals surface area contributed by atoms with Gasteiger partial charge in [-0.15, -0.1) is 0 Å². The smallest absolute Gasteiger partial charge is 0.266 e. The van der Waals surface area contributed by atoms with E-state index in [1.165, 1.54) is 11.1 Å². The molecule has 4 nitrogen and oxygen atoms in total. The summed E-state index contributed by atoms with van der Waals surface area (Å²) in [6, 6.07) is 36.0. The molecule has 0 radical (unpaired) electrons. The molecule has 0 unspecified atom stereocenters. The first-order valence-corrected chi connectivity index (χ1v) is 11.6. The Bertz CT molecular complexity index is 1730. The van der Waals surface area contributed by atoms with Crippen molar-refractivity contribution in [2.45, 2.75) is 6.54 Å². The van der Waals surface area contributed by atoms with Crippen molar-refractivity contribution in [3.8, 4) is 5.69 Å². The maximum atomic E-state index is 13.5. The predicted molar refractivity (Wildman–Crippen MR) is 144 cm³/mol. The number of benzene rings is 4. The van der Waals surface area contributed by atoms with Crippen LogP contribution in [0.5, 0.6) is 0 Å². The molecule has 0 bridgehead atoms. The highest BCUT2D eigenvalue weighted by molar-refractivity contribution is 5.92. The number of fused-ring (bicyclic) bond motifs is 2. The first-order valence-electron chi connectivity index (χ1n) is 11.6. The zero-order valence-corrected chi connectivity index (χ0v) is 19.1. The molecule has 4 aromatic carbocycles. The fourth-order valence-corrected chi connectivity index (χ4v) is 4.57. The number of nitrogens with zero attached hydrogens (tertiary/aromatic N) is 3. The molecule has 0 atom stereocenters. The quantitative estimate of drug-likeness (QED) is 0.297. The van der Waals surface area contributed by atoms with Crippen molar-refractivity contribution in [2.75, 3.05) is 0 Å². The van der Waals surface area contributed by atoms with Gasteiger partial charge < -0.3 is 4.57 Å². The van der Waals surface area contributed by atoms with Gasteiger partial charge in [0.2, 0.25) is 0 Å². The van der Waals surface area contributed by atoms with E-state index in [9.17, 15) is 4.79 Å². The Hall–Kier alpha value is -4.70. The number of hydrogen-bond acceptors (Lipinski definition) is 2. The molecule has 2 aromatic heterocycles. The molecule has 6 aromatic rings. The van der Waals surface area contributed by atoms with E-state index < -0.39 is 0 Å². The molecule has 0 fully saturated rings. The lowest BCUT2D eigenvalue weighted by Crippen LogP contribution is -2.22. The molecule has 4 heteroatoms. The van der Waals surface area contributed by atoms with E-state index in [1.54, 1.807) is 4.57 Å². The molecule has 0 spiro atoms. The largest absolute Gasteiger partial charge is 0.342 e. The van der Waals surface area contributed by atoms with Crippen molar-refractivity contribution in [2.24, 2.45) is 0 Å². The van der Waals surface area contributed by atoms with E-state index in [2.05, 4.69) is 65.4 Å². The van der Waals surface area contributed by atoms with Gasteiger partial charge in [-0.2, -0.15) is 0 Å². The van der Waals surface area contributed by atoms with Crippen LogP contribution in [0.25, 0.3) is 39.6 Å². The van der Waals surface area contributed by atoms with Gasteiger partial charge in [-0.05, 0) is 48.0 Å². The van der Waals surface area contributed by atoms with E-state index in [0.717, 1.165) is 23.2 Å². The lowest BCUT2D eigenvalue weighted by atomic mass is 10.1. The van der Waals surface area contributed by atoms with Crippen LogP contribution in [0.2, 0.25) is 0 Å². The maximum absolute atomic E-state index is 13.5. The van der Waals surface area contributed by atoms with E-state index in [1.807, 2.05) is 66.7 Å². The van der Waals surface area contributed by atoms with Crippen molar-refractivity contribution in [1.82, 2.24) is 14.1 Å². The van der Waals surface area contributed by atoms with Crippen molar-refractivity contribution in [3.05, 3.63) is 143 Å². The van der Waals surface area contributed by atoms with E-state index >= 15 is 0 Å². The van der Waals surface area contributed by atoms with E-state index in [0.29, 0.717) is 16.7 Å². The van der Waals surface area contributed by atoms with Gasteiger partial charge >= 0.3 is 0 Å². The van der Waals surface area contributed by atoms with Gasteiger partial charge in [-0.1, -0.05) is 78.9 Å². The predicted octanol–water partition coefficient (Wildman–Crippen LogP) is 6.56. The van der Waals surface area contributed by atoms with Gasteiger partial charge in [0.05, 0.1) is 16.6 Å². The third kappa shape index (κ3) is 3.96. The molecule has 0 aliphatic carbocycles. The number of aromatic nitrogens is 3. The van der Waals surface area contributed by atoms with Crippen molar-refractivity contribution in [1.29, 1.82) is 0 Å². The minimum Gasteiger partial charge on any atom is -0.342 e. The SMILES string of the molecule is O=c1c2ccccc2nc(C=Cc2cn(Cc3ccccc3)c3ccccc23)n1-c1ccccc1. The zero-order valence-electron chi connectivity index (χ0n) is 19.1. The second-order valence-electron chi connectivity index (χ2n) is 8.51. The first-order chi connectivity index (χ1) is 17.3. The van der Waals surface area contributed by atoms with Gasteiger partial charge in [0.25, 0.3) is 5.56 Å². The highest BCUT2D eigenvalue weighted by Crippen LogP contribution is 2.25. The molecule has 0 aliphatic heterocycles. The zero-order chi connectivity index (χ0) is 23.6. The Morgan fingerprint density at radius 1 is 0.686 bits per heavy atom. The van der Waals surface area contributed by atoms with Crippen LogP contribution >= 0.6 is 0 Å². The summed E-state index contributed by atoms with van der Waals surface area (Å²) in [5.41, 5.74) is 4.91. The standard InChI is InChI=1S/C31H23N3O/c35-31-27-16-7-9-17-28(27)32-30(34(31)25-13-5-2-6-14-25)20-19-24-22-33(21-23-11-3-1-4-12-23)29-18-10-8-15-26(24)29/h1-20,22H,21H2. The number of hydrogen-bond donors (Lipinski definition) is 0. The Morgan fingerprint density at radius 3 is 2.14 bits per heavy atom. The Kier molecular flexibility index (Phi) is 5.32. The third-order valence-corrected chi connectivity index (χ3v) is 6.24. The Morgan fingerprint density at radius 2 is 1.34 bits per heavy atom. The summed E-state index contributed by atoms with van der Waals surface area (Å²) in [5.74, 6) is 0.597. The average molecular weight is 454 g/mol. The van der Waals surface area contributed by atoms with Crippen LogP contribution in [0.4, 0.5) is 0 Å². The van der Waals surface area contributed by atoms with Crippen LogP contribution in [0.1, 0.15) is 17.0 Å². The van der Waals surface area contributed by atoms with Gasteiger partial charge in [0.15, 0.2) is 0 Å². The minimum atomic E-state index is -0.0760. The highest BCUT2D eigenvalue weighted by Gasteiger charge is 2.12. The molecule has 0 N–H and O–H groups in total. The van der Waals surface area contributed by atoms with Gasteiger partial charge in [0.1, 0.15) is 5.82 Å². The van der Waals surface area contributed by atoms with Crippen LogP contribution in [0.15, 0.2) is 120 Å². The summed E-state index contributed by atoms with van der Waals surface area (Å²) in [6.45, 7) is 0.790.